The van der Waals surface area contributed by atoms with Gasteiger partial charge in [0, 0.05) is 11.3 Å². The molecule has 0 amide bonds. The molecule has 0 aliphatic carbocycles. The van der Waals surface area contributed by atoms with Crippen LogP contribution in [0.15, 0.2) is 6.20 Å². The summed E-state index contributed by atoms with van der Waals surface area (Å²) in [6.07, 6.45) is 2.74. The van der Waals surface area contributed by atoms with Crippen LogP contribution in [0.3, 0.4) is 0 Å². The van der Waals surface area contributed by atoms with Gasteiger partial charge in [-0.1, -0.05) is 6.92 Å². The molecule has 0 aromatic carbocycles. The molecule has 0 saturated carbocycles. The van der Waals surface area contributed by atoms with E-state index in [0.717, 1.165) is 17.7 Å². The van der Waals surface area contributed by atoms with E-state index in [0.29, 0.717) is 5.88 Å². The van der Waals surface area contributed by atoms with Crippen molar-refractivity contribution in [1.29, 1.82) is 0 Å². The van der Waals surface area contributed by atoms with Crippen LogP contribution in [0.2, 0.25) is 0 Å². The van der Waals surface area contributed by atoms with Crippen molar-refractivity contribution in [2.24, 2.45) is 0 Å². The van der Waals surface area contributed by atoms with Crippen LogP contribution in [-0.4, -0.2) is 10.2 Å². The maximum absolute atomic E-state index is 5.59. The second-order valence-electron chi connectivity index (χ2n) is 1.86. The molecule has 0 bridgehead atoms. The van der Waals surface area contributed by atoms with Crippen molar-refractivity contribution in [3.63, 3.8) is 0 Å². The molecule has 0 saturated heterocycles. The number of nitrogens with one attached hydrogen (secondary N) is 1. The second kappa shape index (κ2) is 2.87. The van der Waals surface area contributed by atoms with Crippen LogP contribution < -0.4 is 0 Å². The quantitative estimate of drug-likeness (QED) is 0.629. The highest BCUT2D eigenvalue weighted by Crippen LogP contribution is 2.07. The van der Waals surface area contributed by atoms with Gasteiger partial charge in [-0.3, -0.25) is 5.10 Å². The molecular weight excluding hydrogens is 136 g/mol. The van der Waals surface area contributed by atoms with E-state index in [9.17, 15) is 0 Å². The monoisotopic (exact) mass is 144 g/mol. The zero-order chi connectivity index (χ0) is 6.69. The van der Waals surface area contributed by atoms with Gasteiger partial charge in [0.2, 0.25) is 0 Å². The molecule has 1 heterocycles. The molecule has 50 valence electrons. The fourth-order valence-corrected chi connectivity index (χ4v) is 0.989. The zero-order valence-corrected chi connectivity index (χ0v) is 6.07. The Hall–Kier alpha value is -0.500. The molecule has 1 aromatic rings. The van der Waals surface area contributed by atoms with Crippen LogP contribution in [0.1, 0.15) is 18.2 Å². The summed E-state index contributed by atoms with van der Waals surface area (Å²) in [6, 6.07) is 0. The number of H-pyrrole nitrogens is 1. The molecule has 3 heteroatoms. The Balaban J connectivity index is 2.85. The summed E-state index contributed by atoms with van der Waals surface area (Å²) in [6.45, 7) is 2.07. The largest absolute Gasteiger partial charge is 0.282 e. The summed E-state index contributed by atoms with van der Waals surface area (Å²) in [5, 5.41) is 6.73. The van der Waals surface area contributed by atoms with E-state index in [4.69, 9.17) is 11.6 Å². The van der Waals surface area contributed by atoms with Gasteiger partial charge >= 0.3 is 0 Å². The highest BCUT2D eigenvalue weighted by Gasteiger charge is 1.98. The van der Waals surface area contributed by atoms with Gasteiger partial charge in [0.05, 0.1) is 12.1 Å². The first-order valence-corrected chi connectivity index (χ1v) is 3.49. The van der Waals surface area contributed by atoms with E-state index in [1.54, 1.807) is 6.20 Å². The maximum Gasteiger partial charge on any atom is 0.0534 e. The highest BCUT2D eigenvalue weighted by atomic mass is 35.5. The van der Waals surface area contributed by atoms with Crippen LogP contribution >= 0.6 is 11.6 Å². The van der Waals surface area contributed by atoms with E-state index in [1.807, 2.05) is 0 Å². The average Bonchev–Trinajstić information content (AvgIpc) is 2.33. The van der Waals surface area contributed by atoms with E-state index >= 15 is 0 Å². The number of hydrogen-bond donors (Lipinski definition) is 1. The predicted octanol–water partition coefficient (Wildman–Crippen LogP) is 1.71. The minimum absolute atomic E-state index is 0.555. The number of aromatic amines is 1. The van der Waals surface area contributed by atoms with Crippen molar-refractivity contribution in [3.05, 3.63) is 17.5 Å². The molecule has 0 atom stereocenters. The molecule has 1 rings (SSSR count). The van der Waals surface area contributed by atoms with Crippen molar-refractivity contribution in [2.45, 2.75) is 19.2 Å². The van der Waals surface area contributed by atoms with Gasteiger partial charge in [0.25, 0.3) is 0 Å². The van der Waals surface area contributed by atoms with E-state index in [-0.39, 0.29) is 0 Å². The minimum atomic E-state index is 0.555. The average molecular weight is 145 g/mol. The molecular formula is C6H9ClN2. The Bertz CT molecular complexity index is 164. The van der Waals surface area contributed by atoms with Crippen molar-refractivity contribution in [1.82, 2.24) is 10.2 Å². The number of hydrogen-bond acceptors (Lipinski definition) is 1. The van der Waals surface area contributed by atoms with E-state index in [1.165, 1.54) is 0 Å². The highest BCUT2D eigenvalue weighted by molar-refractivity contribution is 6.17. The molecule has 0 unspecified atom stereocenters. The number of aromatic nitrogens is 2. The van der Waals surface area contributed by atoms with Gasteiger partial charge in [-0.2, -0.15) is 5.10 Å². The van der Waals surface area contributed by atoms with E-state index in [2.05, 4.69) is 17.1 Å². The Morgan fingerprint density at radius 3 is 3.00 bits per heavy atom. The maximum atomic E-state index is 5.59. The summed E-state index contributed by atoms with van der Waals surface area (Å²) in [4.78, 5) is 0. The number of nitrogens with zero attached hydrogens (tertiary/aromatic N) is 1. The normalized spacial score (nSPS) is 10.0. The number of aryl methyl sites for hydroxylation is 1. The van der Waals surface area contributed by atoms with Crippen LogP contribution in [0, 0.1) is 0 Å². The first-order valence-electron chi connectivity index (χ1n) is 2.95. The van der Waals surface area contributed by atoms with Gasteiger partial charge in [-0.05, 0) is 6.42 Å². The fraction of sp³-hybridized carbons (Fsp3) is 0.500. The smallest absolute Gasteiger partial charge is 0.0534 e. The van der Waals surface area contributed by atoms with Gasteiger partial charge in [0.1, 0.15) is 0 Å². The van der Waals surface area contributed by atoms with Gasteiger partial charge < -0.3 is 0 Å². The molecule has 1 aromatic heterocycles. The Labute approximate surface area is 59.2 Å². The Kier molecular flexibility index (Phi) is 2.11. The first kappa shape index (κ1) is 6.62. The number of alkyl halides is 1. The Morgan fingerprint density at radius 2 is 2.56 bits per heavy atom. The zero-order valence-electron chi connectivity index (χ0n) is 5.32. The summed E-state index contributed by atoms with van der Waals surface area (Å²) in [5.41, 5.74) is 2.25. The van der Waals surface area contributed by atoms with Crippen molar-refractivity contribution in [3.8, 4) is 0 Å². The second-order valence-corrected chi connectivity index (χ2v) is 2.13. The van der Waals surface area contributed by atoms with Crippen LogP contribution in [0.4, 0.5) is 0 Å². The molecule has 1 N–H and O–H groups in total. The third-order valence-electron chi connectivity index (χ3n) is 1.31. The molecule has 9 heavy (non-hydrogen) atoms. The SMILES string of the molecule is CCc1[nH]ncc1CCl. The van der Waals surface area contributed by atoms with Crippen LogP contribution in [-0.2, 0) is 12.3 Å². The summed E-state index contributed by atoms with van der Waals surface area (Å²) >= 11 is 5.59. The number of halogens is 1. The molecule has 2 nitrogen and oxygen atoms in total. The third kappa shape index (κ3) is 1.24. The minimum Gasteiger partial charge on any atom is -0.282 e. The molecule has 0 fully saturated rings. The molecule has 0 aliphatic rings. The van der Waals surface area contributed by atoms with Gasteiger partial charge in [-0.25, -0.2) is 0 Å². The number of rotatable bonds is 2. The molecule has 0 aliphatic heterocycles. The lowest BCUT2D eigenvalue weighted by Gasteiger charge is -1.90. The van der Waals surface area contributed by atoms with Crippen LogP contribution in [0.25, 0.3) is 0 Å². The lowest BCUT2D eigenvalue weighted by molar-refractivity contribution is 0.967. The predicted molar refractivity (Wildman–Crippen MR) is 37.5 cm³/mol. The van der Waals surface area contributed by atoms with Crippen molar-refractivity contribution >= 4 is 11.6 Å². The van der Waals surface area contributed by atoms with Crippen LogP contribution in [0.5, 0.6) is 0 Å². The van der Waals surface area contributed by atoms with Gasteiger partial charge in [-0.15, -0.1) is 11.6 Å². The standard InChI is InChI=1S/C6H9ClN2/c1-2-6-5(3-7)4-8-9-6/h4H,2-3H2,1H3,(H,8,9). The summed E-state index contributed by atoms with van der Waals surface area (Å²) in [5.74, 6) is 0.555. The lowest BCUT2D eigenvalue weighted by Crippen LogP contribution is -1.84. The van der Waals surface area contributed by atoms with Gasteiger partial charge in [0.15, 0.2) is 0 Å². The summed E-state index contributed by atoms with van der Waals surface area (Å²) in [7, 11) is 0. The first-order chi connectivity index (χ1) is 4.38. The third-order valence-corrected chi connectivity index (χ3v) is 1.59. The van der Waals surface area contributed by atoms with E-state index < -0.39 is 0 Å². The Morgan fingerprint density at radius 1 is 1.78 bits per heavy atom. The molecule has 0 radical (unpaired) electrons. The molecule has 0 spiro atoms. The summed E-state index contributed by atoms with van der Waals surface area (Å²) < 4.78 is 0. The van der Waals surface area contributed by atoms with Crippen molar-refractivity contribution in [2.75, 3.05) is 0 Å². The lowest BCUT2D eigenvalue weighted by atomic mass is 10.2. The topological polar surface area (TPSA) is 28.7 Å². The van der Waals surface area contributed by atoms with Crippen molar-refractivity contribution < 1.29 is 0 Å². The fourth-order valence-electron chi connectivity index (χ4n) is 0.759.